The lowest BCUT2D eigenvalue weighted by molar-refractivity contribution is 0.0108. The van der Waals surface area contributed by atoms with Crippen LogP contribution in [-0.2, 0) is 0 Å². The molecule has 9 heteroatoms. The predicted molar refractivity (Wildman–Crippen MR) is 150 cm³/mol. The lowest BCUT2D eigenvalue weighted by atomic mass is 9.96. The number of ether oxygens (including phenoxy) is 5. The Bertz CT molecular complexity index is 1250. The number of aliphatic hydroxyl groups excluding tert-OH is 1. The molecule has 0 aromatic heterocycles. The van der Waals surface area contributed by atoms with Crippen LogP contribution >= 0.6 is 45.6 Å². The number of methoxy groups -OCH3 is 3. The number of rotatable bonds is 6. The maximum absolute atomic E-state index is 10.5. The highest BCUT2D eigenvalue weighted by molar-refractivity contribution is 14.1. The maximum atomic E-state index is 10.5. The van der Waals surface area contributed by atoms with Crippen molar-refractivity contribution in [3.05, 3.63) is 56.7 Å². The van der Waals surface area contributed by atoms with Crippen LogP contribution in [0.4, 0.5) is 0 Å². The molecule has 0 spiro atoms. The van der Waals surface area contributed by atoms with Gasteiger partial charge in [0.25, 0.3) is 0 Å². The fraction of sp³-hybridized carbons (Fsp3) is 0.308. The van der Waals surface area contributed by atoms with Gasteiger partial charge in [-0.2, -0.15) is 0 Å². The number of hydrogen-bond donors (Lipinski definition) is 1. The van der Waals surface area contributed by atoms with E-state index in [1.807, 2.05) is 73.3 Å². The zero-order valence-corrected chi connectivity index (χ0v) is 24.3. The highest BCUT2D eigenvalue weighted by atomic mass is 127. The number of fused-ring (bicyclic) bond motifs is 3. The number of hydrogen-bond acceptors (Lipinski definition) is 7. The Morgan fingerprint density at radius 1 is 0.800 bits per heavy atom. The van der Waals surface area contributed by atoms with Crippen molar-refractivity contribution in [2.75, 3.05) is 27.9 Å². The van der Waals surface area contributed by atoms with Gasteiger partial charge < -0.3 is 31.9 Å². The van der Waals surface area contributed by atoms with Gasteiger partial charge >= 0.3 is 0 Å². The van der Waals surface area contributed by atoms with E-state index in [9.17, 15) is 5.11 Å². The molecule has 7 nitrogen and oxygen atoms in total. The van der Waals surface area contributed by atoms with E-state index in [2.05, 4.69) is 22.6 Å². The van der Waals surface area contributed by atoms with Crippen molar-refractivity contribution in [3.63, 3.8) is 0 Å². The molecule has 0 fully saturated rings. The van der Waals surface area contributed by atoms with Gasteiger partial charge in [-0.1, -0.05) is 0 Å². The first kappa shape index (κ1) is 26.0. The monoisotopic (exact) mass is 704 g/mol. The molecular weight excluding hydrogens is 678 g/mol. The van der Waals surface area contributed by atoms with E-state index in [0.29, 0.717) is 34.5 Å². The molecule has 4 rings (SSSR count). The normalized spacial score (nSPS) is 16.6. The Labute approximate surface area is 232 Å². The standard InChI is InChI=1S/C26H26I2O7/c1-13-6-16-17-7-14(2)9-20(31-4)25(17)34-23(22(12-29)33-24(16)19(8-13)30-3)15-10-18(27)26(35-28)21(11-15)32-5/h6-11,22-23,29H,12H2,1-5H3. The van der Waals surface area contributed by atoms with Gasteiger partial charge in [-0.3, -0.25) is 0 Å². The van der Waals surface area contributed by atoms with E-state index >= 15 is 0 Å². The van der Waals surface area contributed by atoms with Crippen LogP contribution in [-0.4, -0.2) is 39.1 Å². The zero-order valence-electron chi connectivity index (χ0n) is 20.0. The molecular formula is C26H26I2O7. The van der Waals surface area contributed by atoms with Crippen molar-refractivity contribution in [1.82, 2.24) is 0 Å². The lowest BCUT2D eigenvalue weighted by Crippen LogP contribution is -2.34. The summed E-state index contributed by atoms with van der Waals surface area (Å²) in [6.07, 6.45) is -1.45. The van der Waals surface area contributed by atoms with Gasteiger partial charge in [-0.15, -0.1) is 0 Å². The Morgan fingerprint density at radius 2 is 1.34 bits per heavy atom. The highest BCUT2D eigenvalue weighted by Crippen LogP contribution is 2.51. The fourth-order valence-electron chi connectivity index (χ4n) is 4.24. The average Bonchev–Trinajstić information content (AvgIpc) is 2.84. The molecule has 35 heavy (non-hydrogen) atoms. The largest absolute Gasteiger partial charge is 0.493 e. The van der Waals surface area contributed by atoms with Gasteiger partial charge in [0.05, 0.1) is 31.5 Å². The van der Waals surface area contributed by atoms with Crippen molar-refractivity contribution in [1.29, 1.82) is 0 Å². The van der Waals surface area contributed by atoms with E-state index < -0.39 is 12.2 Å². The summed E-state index contributed by atoms with van der Waals surface area (Å²) in [4.78, 5) is 0. The van der Waals surface area contributed by atoms with Crippen LogP contribution in [0.3, 0.4) is 0 Å². The summed E-state index contributed by atoms with van der Waals surface area (Å²) in [6.45, 7) is 3.69. The second kappa shape index (κ2) is 10.9. The van der Waals surface area contributed by atoms with Crippen LogP contribution in [0.5, 0.6) is 34.5 Å². The molecule has 3 aromatic rings. The molecule has 2 unspecified atom stereocenters. The minimum atomic E-state index is -0.753. The summed E-state index contributed by atoms with van der Waals surface area (Å²) in [7, 11) is 4.80. The molecule has 0 bridgehead atoms. The number of aliphatic hydroxyl groups is 1. The number of halogens is 2. The third-order valence-electron chi connectivity index (χ3n) is 5.82. The summed E-state index contributed by atoms with van der Waals surface area (Å²) in [5, 5.41) is 10.5. The highest BCUT2D eigenvalue weighted by Gasteiger charge is 2.35. The summed E-state index contributed by atoms with van der Waals surface area (Å²) in [6, 6.07) is 11.7. The first-order valence-electron chi connectivity index (χ1n) is 10.8. The molecule has 1 N–H and O–H groups in total. The average molecular weight is 704 g/mol. The molecule has 1 aliphatic rings. The predicted octanol–water partition coefficient (Wildman–Crippen LogP) is 6.20. The SMILES string of the molecule is COc1cc(C2Oc3c(OC)cc(C)cc3-c3cc(C)cc(OC)c3OC2CO)cc(I)c1OI. The molecule has 0 saturated carbocycles. The second-order valence-electron chi connectivity index (χ2n) is 8.18. The minimum Gasteiger partial charge on any atom is -0.493 e. The minimum absolute atomic E-state index is 0.298. The van der Waals surface area contributed by atoms with Gasteiger partial charge in [0.2, 0.25) is 0 Å². The fourth-order valence-corrected chi connectivity index (χ4v) is 5.85. The van der Waals surface area contributed by atoms with Crippen LogP contribution in [0.2, 0.25) is 0 Å². The van der Waals surface area contributed by atoms with E-state index in [1.54, 1.807) is 21.3 Å². The van der Waals surface area contributed by atoms with Crippen molar-refractivity contribution >= 4 is 45.6 Å². The summed E-state index contributed by atoms with van der Waals surface area (Å²) < 4.78 is 36.4. The molecule has 1 aliphatic heterocycles. The van der Waals surface area contributed by atoms with Crippen molar-refractivity contribution in [2.24, 2.45) is 0 Å². The smallest absolute Gasteiger partial charge is 0.192 e. The number of benzene rings is 3. The second-order valence-corrected chi connectivity index (χ2v) is 9.78. The third kappa shape index (κ3) is 4.94. The van der Waals surface area contributed by atoms with Crippen LogP contribution in [0.1, 0.15) is 22.8 Å². The topological polar surface area (TPSA) is 75.6 Å². The summed E-state index contributed by atoms with van der Waals surface area (Å²) >= 11 is 4.02. The van der Waals surface area contributed by atoms with Gasteiger partial charge in [-0.25, -0.2) is 0 Å². The van der Waals surface area contributed by atoms with Gasteiger partial charge in [0.15, 0.2) is 69.7 Å². The summed E-state index contributed by atoms with van der Waals surface area (Å²) in [5.74, 6) is 3.42. The Balaban J connectivity index is 2.01. The Morgan fingerprint density at radius 3 is 1.83 bits per heavy atom. The first-order valence-corrected chi connectivity index (χ1v) is 12.8. The quantitative estimate of drug-likeness (QED) is 0.307. The van der Waals surface area contributed by atoms with Gasteiger partial charge in [-0.05, 0) is 84.0 Å². The third-order valence-corrected chi connectivity index (χ3v) is 7.06. The molecule has 186 valence electrons. The van der Waals surface area contributed by atoms with Crippen LogP contribution in [0.25, 0.3) is 11.1 Å². The lowest BCUT2D eigenvalue weighted by Gasteiger charge is -2.33. The van der Waals surface area contributed by atoms with Crippen molar-refractivity contribution < 1.29 is 31.9 Å². The molecule has 3 aromatic carbocycles. The number of aryl methyl sites for hydroxylation is 2. The van der Waals surface area contributed by atoms with Gasteiger partial charge in [0, 0.05) is 16.7 Å². The molecule has 0 saturated heterocycles. The van der Waals surface area contributed by atoms with Crippen LogP contribution < -0.4 is 26.8 Å². The zero-order chi connectivity index (χ0) is 25.3. The van der Waals surface area contributed by atoms with E-state index in [4.69, 9.17) is 26.8 Å². The molecule has 2 atom stereocenters. The Kier molecular flexibility index (Phi) is 8.06. The van der Waals surface area contributed by atoms with Crippen LogP contribution in [0, 0.1) is 17.4 Å². The van der Waals surface area contributed by atoms with E-state index in [1.165, 1.54) is 0 Å². The van der Waals surface area contributed by atoms with E-state index in [-0.39, 0.29) is 6.61 Å². The molecule has 0 radical (unpaired) electrons. The van der Waals surface area contributed by atoms with Crippen LogP contribution in [0.15, 0.2) is 36.4 Å². The molecule has 0 amide bonds. The maximum Gasteiger partial charge on any atom is 0.192 e. The van der Waals surface area contributed by atoms with E-state index in [0.717, 1.165) is 31.4 Å². The first-order chi connectivity index (χ1) is 16.8. The Hall–Kier alpha value is -2.12. The van der Waals surface area contributed by atoms with Gasteiger partial charge in [0.1, 0.15) is 0 Å². The molecule has 0 aliphatic carbocycles. The van der Waals surface area contributed by atoms with Crippen molar-refractivity contribution in [3.8, 4) is 45.6 Å². The molecule has 1 heterocycles. The van der Waals surface area contributed by atoms with Crippen molar-refractivity contribution in [2.45, 2.75) is 26.1 Å². The summed E-state index contributed by atoms with van der Waals surface area (Å²) in [5.41, 5.74) is 4.38.